The van der Waals surface area contributed by atoms with Gasteiger partial charge in [-0.3, -0.25) is 9.98 Å². The molecule has 7 nitrogen and oxygen atoms in total. The molecule has 0 fully saturated rings. The van der Waals surface area contributed by atoms with Crippen molar-refractivity contribution >= 4 is 29.3 Å². The molecule has 0 aromatic carbocycles. The number of aliphatic imine (C=N–C) groups is 1. The molecular formula is C27H32F3N7S. The number of thioether (sulfide) groups is 1. The van der Waals surface area contributed by atoms with Gasteiger partial charge >= 0.3 is 6.18 Å². The molecule has 38 heavy (non-hydrogen) atoms. The second-order valence-electron chi connectivity index (χ2n) is 9.66. The molecule has 0 saturated heterocycles. The van der Waals surface area contributed by atoms with Gasteiger partial charge in [-0.15, -0.1) is 0 Å². The van der Waals surface area contributed by atoms with Gasteiger partial charge in [0.1, 0.15) is 17.1 Å². The Morgan fingerprint density at radius 3 is 2.87 bits per heavy atom. The minimum atomic E-state index is -4.32. The molecule has 2 N–H and O–H groups in total. The van der Waals surface area contributed by atoms with Gasteiger partial charge in [-0.05, 0) is 62.0 Å². The summed E-state index contributed by atoms with van der Waals surface area (Å²) in [4.78, 5) is 15.7. The summed E-state index contributed by atoms with van der Waals surface area (Å²) in [6.07, 6.45) is 5.16. The van der Waals surface area contributed by atoms with Gasteiger partial charge in [0.05, 0.1) is 11.9 Å². The lowest BCUT2D eigenvalue weighted by atomic mass is 9.80. The third-order valence-electron chi connectivity index (χ3n) is 6.84. The van der Waals surface area contributed by atoms with E-state index in [0.717, 1.165) is 65.5 Å². The van der Waals surface area contributed by atoms with E-state index in [9.17, 15) is 13.2 Å². The van der Waals surface area contributed by atoms with E-state index in [2.05, 4.69) is 46.5 Å². The standard InChI is InChI=1S/C27H32F3N7S/c1-5-36(15-11-26(4)16-21-20(23(26)31)9-7-13-33-21)24-22-10-14-34-37(22)25(19(3)35-24)38-18(2)8-6-12-32-17-27(28,29)30/h6-10,12-14,23H,2,5,11,15-17,31H2,1,3-4H3/b8-6-,32-12?/t23-,26?/m1/s1. The Hall–Kier alpha value is -3.18. The Morgan fingerprint density at radius 1 is 1.37 bits per heavy atom. The molecule has 3 heterocycles. The van der Waals surface area contributed by atoms with Crippen LogP contribution in [0.4, 0.5) is 19.0 Å². The molecule has 0 spiro atoms. The van der Waals surface area contributed by atoms with Crippen LogP contribution in [0, 0.1) is 12.3 Å². The molecule has 3 aromatic rings. The first-order valence-electron chi connectivity index (χ1n) is 12.4. The fourth-order valence-corrected chi connectivity index (χ4v) is 5.54. The molecular weight excluding hydrogens is 511 g/mol. The van der Waals surface area contributed by atoms with Crippen LogP contribution in [0.2, 0.25) is 0 Å². The monoisotopic (exact) mass is 543 g/mol. The summed E-state index contributed by atoms with van der Waals surface area (Å²) >= 11 is 1.35. The van der Waals surface area contributed by atoms with E-state index in [1.807, 2.05) is 29.8 Å². The second-order valence-corrected chi connectivity index (χ2v) is 10.8. The number of hydrogen-bond acceptors (Lipinski definition) is 7. The van der Waals surface area contributed by atoms with Gasteiger partial charge < -0.3 is 10.6 Å². The van der Waals surface area contributed by atoms with Crippen LogP contribution in [0.5, 0.6) is 0 Å². The largest absolute Gasteiger partial charge is 0.407 e. The number of halogens is 3. The normalized spacial score (nSPS) is 19.6. The minimum absolute atomic E-state index is 0.0639. The lowest BCUT2D eigenvalue weighted by Gasteiger charge is -2.33. The zero-order chi connectivity index (χ0) is 27.5. The van der Waals surface area contributed by atoms with Gasteiger partial charge in [0.15, 0.2) is 5.82 Å². The summed E-state index contributed by atoms with van der Waals surface area (Å²) in [6.45, 7) is 10.6. The molecule has 1 aliphatic carbocycles. The molecule has 11 heteroatoms. The van der Waals surface area contributed by atoms with Crippen LogP contribution in [0.15, 0.2) is 64.2 Å². The number of hydrogen-bond donors (Lipinski definition) is 1. The maximum Gasteiger partial charge on any atom is 0.407 e. The number of allylic oxidation sites excluding steroid dienone is 2. The number of fused-ring (bicyclic) bond motifs is 2. The highest BCUT2D eigenvalue weighted by molar-refractivity contribution is 8.03. The average Bonchev–Trinajstić information content (AvgIpc) is 3.44. The van der Waals surface area contributed by atoms with E-state index in [0.29, 0.717) is 4.91 Å². The zero-order valence-electron chi connectivity index (χ0n) is 21.7. The molecule has 0 radical (unpaired) electrons. The predicted molar refractivity (Wildman–Crippen MR) is 147 cm³/mol. The van der Waals surface area contributed by atoms with Crippen molar-refractivity contribution in [1.82, 2.24) is 19.6 Å². The van der Waals surface area contributed by atoms with Gasteiger partial charge in [0.25, 0.3) is 0 Å². The van der Waals surface area contributed by atoms with Crippen LogP contribution in [0.3, 0.4) is 0 Å². The van der Waals surface area contributed by atoms with Crippen LogP contribution in [0.1, 0.15) is 43.3 Å². The summed E-state index contributed by atoms with van der Waals surface area (Å²) in [5.74, 6) is 0.845. The van der Waals surface area contributed by atoms with Gasteiger partial charge in [0.2, 0.25) is 0 Å². The maximum atomic E-state index is 12.2. The van der Waals surface area contributed by atoms with E-state index >= 15 is 0 Å². The Bertz CT molecular complexity index is 1360. The third kappa shape index (κ3) is 6.10. The molecule has 4 rings (SSSR count). The van der Waals surface area contributed by atoms with Crippen molar-refractivity contribution in [2.75, 3.05) is 24.5 Å². The van der Waals surface area contributed by atoms with Gasteiger partial charge in [-0.1, -0.05) is 31.3 Å². The summed E-state index contributed by atoms with van der Waals surface area (Å²) in [7, 11) is 0. The molecule has 0 aliphatic heterocycles. The van der Waals surface area contributed by atoms with Crippen molar-refractivity contribution in [1.29, 1.82) is 0 Å². The zero-order valence-corrected chi connectivity index (χ0v) is 22.6. The minimum Gasteiger partial charge on any atom is -0.355 e. The Morgan fingerprint density at radius 2 is 2.16 bits per heavy atom. The topological polar surface area (TPSA) is 84.7 Å². The van der Waals surface area contributed by atoms with Crippen LogP contribution in [-0.2, 0) is 6.42 Å². The third-order valence-corrected chi connectivity index (χ3v) is 7.90. The molecule has 0 bridgehead atoms. The van der Waals surface area contributed by atoms with Crippen LogP contribution in [0.25, 0.3) is 5.52 Å². The fraction of sp³-hybridized carbons (Fsp3) is 0.407. The van der Waals surface area contributed by atoms with Gasteiger partial charge in [-0.25, -0.2) is 9.50 Å². The molecule has 2 atom stereocenters. The van der Waals surface area contributed by atoms with Gasteiger partial charge in [-0.2, -0.15) is 18.3 Å². The van der Waals surface area contributed by atoms with Crippen molar-refractivity contribution in [3.05, 3.63) is 71.2 Å². The Balaban J connectivity index is 1.49. The first-order valence-corrected chi connectivity index (χ1v) is 13.2. The van der Waals surface area contributed by atoms with E-state index in [4.69, 9.17) is 10.7 Å². The van der Waals surface area contributed by atoms with Crippen molar-refractivity contribution in [2.24, 2.45) is 16.1 Å². The highest BCUT2D eigenvalue weighted by atomic mass is 32.2. The van der Waals surface area contributed by atoms with E-state index in [-0.39, 0.29) is 11.5 Å². The summed E-state index contributed by atoms with van der Waals surface area (Å²) in [5.41, 5.74) is 10.4. The van der Waals surface area contributed by atoms with Crippen molar-refractivity contribution in [3.8, 4) is 0 Å². The number of alkyl halides is 3. The molecule has 3 aromatic heterocycles. The highest BCUT2D eigenvalue weighted by Crippen LogP contribution is 2.45. The lowest BCUT2D eigenvalue weighted by Crippen LogP contribution is -2.35. The molecule has 1 aliphatic rings. The number of anilines is 1. The van der Waals surface area contributed by atoms with E-state index < -0.39 is 12.7 Å². The molecule has 0 amide bonds. The number of nitrogens with zero attached hydrogens (tertiary/aromatic N) is 6. The number of aryl methyl sites for hydroxylation is 1. The first-order chi connectivity index (χ1) is 18.0. The quantitative estimate of drug-likeness (QED) is 0.200. The predicted octanol–water partition coefficient (Wildman–Crippen LogP) is 5.71. The SMILES string of the molecule is C=C(/C=C\C=NCC(F)(F)F)Sc1c(C)nc(N(CC)CCC2(C)Cc3ncccc3[C@H]2N)c2ccnn12. The van der Waals surface area contributed by atoms with Crippen molar-refractivity contribution in [2.45, 2.75) is 50.9 Å². The number of nitrogens with two attached hydrogens (primary N) is 1. The van der Waals surface area contributed by atoms with E-state index in [1.165, 1.54) is 17.8 Å². The summed E-state index contributed by atoms with van der Waals surface area (Å²) in [5, 5.41) is 5.31. The average molecular weight is 544 g/mol. The van der Waals surface area contributed by atoms with Crippen molar-refractivity contribution < 1.29 is 13.2 Å². The Labute approximate surface area is 224 Å². The van der Waals surface area contributed by atoms with Crippen molar-refractivity contribution in [3.63, 3.8) is 0 Å². The number of pyridine rings is 1. The van der Waals surface area contributed by atoms with Crippen LogP contribution >= 0.6 is 11.8 Å². The smallest absolute Gasteiger partial charge is 0.355 e. The summed E-state index contributed by atoms with van der Waals surface area (Å²) in [6, 6.07) is 5.88. The maximum absolute atomic E-state index is 12.2. The molecule has 1 unspecified atom stereocenters. The highest BCUT2D eigenvalue weighted by Gasteiger charge is 2.41. The van der Waals surface area contributed by atoms with Gasteiger partial charge in [0, 0.05) is 42.1 Å². The first kappa shape index (κ1) is 27.8. The van der Waals surface area contributed by atoms with Crippen LogP contribution in [-0.4, -0.2) is 51.6 Å². The van der Waals surface area contributed by atoms with E-state index in [1.54, 1.807) is 12.3 Å². The molecule has 202 valence electrons. The molecule has 0 saturated carbocycles. The van der Waals surface area contributed by atoms with Crippen LogP contribution < -0.4 is 10.6 Å². The second kappa shape index (κ2) is 11.3. The summed E-state index contributed by atoms with van der Waals surface area (Å²) < 4.78 is 38.6. The number of aromatic nitrogens is 4. The fourth-order valence-electron chi connectivity index (χ4n) is 4.72. The lowest BCUT2D eigenvalue weighted by molar-refractivity contribution is -0.118. The number of rotatable bonds is 10. The Kier molecular flexibility index (Phi) is 8.27.